The first-order chi connectivity index (χ1) is 14.7. The van der Waals surface area contributed by atoms with E-state index in [-0.39, 0.29) is 5.41 Å². The molecule has 0 spiro atoms. The van der Waals surface area contributed by atoms with Gasteiger partial charge in [-0.1, -0.05) is 114 Å². The number of unbranched alkanes of at least 4 members (excludes halogenated alkanes) is 5. The highest BCUT2D eigenvalue weighted by Crippen LogP contribution is 2.47. The lowest BCUT2D eigenvalue weighted by molar-refractivity contribution is 0.250. The molecule has 1 aliphatic rings. The second-order valence-electron chi connectivity index (χ2n) is 9.69. The van der Waals surface area contributed by atoms with E-state index < -0.39 is 0 Å². The highest BCUT2D eigenvalue weighted by atomic mass is 14.4. The molecule has 30 heavy (non-hydrogen) atoms. The van der Waals surface area contributed by atoms with Gasteiger partial charge in [-0.05, 0) is 66.7 Å². The van der Waals surface area contributed by atoms with Gasteiger partial charge in [-0.3, -0.25) is 0 Å². The largest absolute Gasteiger partial charge is 0.0654 e. The molecule has 0 heteroatoms. The second kappa shape index (κ2) is 11.7. The van der Waals surface area contributed by atoms with Crippen LogP contribution in [0.5, 0.6) is 0 Å². The summed E-state index contributed by atoms with van der Waals surface area (Å²) >= 11 is 0. The van der Waals surface area contributed by atoms with Crippen LogP contribution in [0.3, 0.4) is 0 Å². The number of benzene rings is 2. The maximum atomic E-state index is 2.51. The van der Waals surface area contributed by atoms with E-state index in [0.717, 1.165) is 18.8 Å². The zero-order chi connectivity index (χ0) is 21.2. The van der Waals surface area contributed by atoms with Crippen molar-refractivity contribution in [3.8, 4) is 0 Å². The third-order valence-electron chi connectivity index (χ3n) is 7.70. The first-order valence-electron chi connectivity index (χ1n) is 12.9. The summed E-state index contributed by atoms with van der Waals surface area (Å²) in [4.78, 5) is 0. The van der Waals surface area contributed by atoms with Gasteiger partial charge >= 0.3 is 0 Å². The van der Waals surface area contributed by atoms with Gasteiger partial charge in [-0.15, -0.1) is 0 Å². The highest BCUT2D eigenvalue weighted by Gasteiger charge is 2.38. The van der Waals surface area contributed by atoms with Gasteiger partial charge in [0.25, 0.3) is 0 Å². The van der Waals surface area contributed by atoms with Crippen molar-refractivity contribution in [3.63, 3.8) is 0 Å². The lowest BCUT2D eigenvalue weighted by Crippen LogP contribution is -2.33. The van der Waals surface area contributed by atoms with Gasteiger partial charge in [0.15, 0.2) is 0 Å². The van der Waals surface area contributed by atoms with Gasteiger partial charge in [0, 0.05) is 5.41 Å². The molecule has 0 saturated heterocycles. The van der Waals surface area contributed by atoms with Crippen molar-refractivity contribution in [2.45, 2.75) is 110 Å². The SMILES string of the molecule is CCCCCCCCC1CCC(c2cccc(CC)c2)(c2cccc(CC)c2)CC1. The summed E-state index contributed by atoms with van der Waals surface area (Å²) in [5.74, 6) is 0.938. The third-order valence-corrected chi connectivity index (χ3v) is 7.70. The Morgan fingerprint density at radius 3 is 1.77 bits per heavy atom. The van der Waals surface area contributed by atoms with E-state index in [1.807, 2.05) is 0 Å². The molecule has 3 rings (SSSR count). The molecule has 2 aromatic rings. The van der Waals surface area contributed by atoms with Crippen LogP contribution in [0.2, 0.25) is 0 Å². The number of hydrogen-bond donors (Lipinski definition) is 0. The van der Waals surface area contributed by atoms with E-state index in [1.165, 1.54) is 81.8 Å². The van der Waals surface area contributed by atoms with E-state index in [4.69, 9.17) is 0 Å². The van der Waals surface area contributed by atoms with E-state index in [1.54, 1.807) is 11.1 Å². The van der Waals surface area contributed by atoms with Crippen molar-refractivity contribution in [3.05, 3.63) is 70.8 Å². The maximum Gasteiger partial charge on any atom is 0.0203 e. The third kappa shape index (κ3) is 5.77. The minimum Gasteiger partial charge on any atom is -0.0654 e. The normalized spacial score (nSPS) is 16.6. The molecule has 0 N–H and O–H groups in total. The Morgan fingerprint density at radius 1 is 0.700 bits per heavy atom. The lowest BCUT2D eigenvalue weighted by atomic mass is 9.62. The Labute approximate surface area is 186 Å². The summed E-state index contributed by atoms with van der Waals surface area (Å²) in [5.41, 5.74) is 6.30. The van der Waals surface area contributed by atoms with Gasteiger partial charge in [0.05, 0.1) is 0 Å². The predicted molar refractivity (Wildman–Crippen MR) is 132 cm³/mol. The minimum absolute atomic E-state index is 0.216. The van der Waals surface area contributed by atoms with Gasteiger partial charge in [0.1, 0.15) is 0 Å². The van der Waals surface area contributed by atoms with Crippen molar-refractivity contribution in [2.24, 2.45) is 5.92 Å². The summed E-state index contributed by atoms with van der Waals surface area (Å²) in [5, 5.41) is 0. The molecule has 1 fully saturated rings. The van der Waals surface area contributed by atoms with Crippen LogP contribution in [0.4, 0.5) is 0 Å². The molecule has 0 nitrogen and oxygen atoms in total. The Kier molecular flexibility index (Phi) is 9.04. The predicted octanol–water partition coefficient (Wildman–Crippen LogP) is 9.04. The molecule has 1 saturated carbocycles. The van der Waals surface area contributed by atoms with Crippen molar-refractivity contribution in [1.82, 2.24) is 0 Å². The van der Waals surface area contributed by atoms with Crippen LogP contribution >= 0.6 is 0 Å². The lowest BCUT2D eigenvalue weighted by Gasteiger charge is -2.42. The van der Waals surface area contributed by atoms with E-state index >= 15 is 0 Å². The Hall–Kier alpha value is -1.56. The van der Waals surface area contributed by atoms with E-state index in [9.17, 15) is 0 Å². The smallest absolute Gasteiger partial charge is 0.0203 e. The molecular formula is C30H44. The molecule has 2 aromatic carbocycles. The molecule has 0 bridgehead atoms. The summed E-state index contributed by atoms with van der Waals surface area (Å²) in [7, 11) is 0. The summed E-state index contributed by atoms with van der Waals surface area (Å²) in [6, 6.07) is 19.0. The Bertz CT molecular complexity index is 699. The van der Waals surface area contributed by atoms with Crippen LogP contribution in [0.15, 0.2) is 48.5 Å². The number of rotatable bonds is 11. The fourth-order valence-corrected chi connectivity index (χ4v) is 5.59. The number of aryl methyl sites for hydroxylation is 2. The summed E-state index contributed by atoms with van der Waals surface area (Å²) in [6.45, 7) is 6.86. The molecule has 0 amide bonds. The molecule has 0 aromatic heterocycles. The molecule has 0 radical (unpaired) electrons. The van der Waals surface area contributed by atoms with E-state index in [2.05, 4.69) is 69.3 Å². The molecule has 0 heterocycles. The molecule has 164 valence electrons. The zero-order valence-corrected chi connectivity index (χ0v) is 19.9. The maximum absolute atomic E-state index is 2.51. The van der Waals surface area contributed by atoms with Gasteiger partial charge in [0.2, 0.25) is 0 Å². The van der Waals surface area contributed by atoms with Crippen LogP contribution < -0.4 is 0 Å². The van der Waals surface area contributed by atoms with Gasteiger partial charge < -0.3 is 0 Å². The van der Waals surface area contributed by atoms with Crippen LogP contribution in [-0.2, 0) is 18.3 Å². The fraction of sp³-hybridized carbons (Fsp3) is 0.600. The van der Waals surface area contributed by atoms with Crippen LogP contribution in [0, 0.1) is 5.92 Å². The summed E-state index contributed by atoms with van der Waals surface area (Å²) in [6.07, 6.45) is 17.6. The van der Waals surface area contributed by atoms with Crippen molar-refractivity contribution in [1.29, 1.82) is 0 Å². The quantitative estimate of drug-likeness (QED) is 0.328. The highest BCUT2D eigenvalue weighted by molar-refractivity contribution is 5.43. The van der Waals surface area contributed by atoms with Crippen LogP contribution in [-0.4, -0.2) is 0 Å². The van der Waals surface area contributed by atoms with E-state index in [0.29, 0.717) is 0 Å². The molecule has 1 aliphatic carbocycles. The van der Waals surface area contributed by atoms with Crippen molar-refractivity contribution in [2.75, 3.05) is 0 Å². The van der Waals surface area contributed by atoms with Crippen LogP contribution in [0.25, 0.3) is 0 Å². The summed E-state index contributed by atoms with van der Waals surface area (Å²) < 4.78 is 0. The molecule has 0 atom stereocenters. The fourth-order valence-electron chi connectivity index (χ4n) is 5.59. The first-order valence-corrected chi connectivity index (χ1v) is 12.9. The van der Waals surface area contributed by atoms with Gasteiger partial charge in [-0.2, -0.15) is 0 Å². The Morgan fingerprint density at radius 2 is 1.23 bits per heavy atom. The van der Waals surface area contributed by atoms with Crippen molar-refractivity contribution < 1.29 is 0 Å². The molecule has 0 unspecified atom stereocenters. The van der Waals surface area contributed by atoms with Crippen molar-refractivity contribution >= 4 is 0 Å². The average molecular weight is 405 g/mol. The first kappa shape index (κ1) is 23.1. The van der Waals surface area contributed by atoms with Gasteiger partial charge in [-0.25, -0.2) is 0 Å². The monoisotopic (exact) mass is 404 g/mol. The minimum atomic E-state index is 0.216. The second-order valence-corrected chi connectivity index (χ2v) is 9.69. The molecule has 0 aliphatic heterocycles. The average Bonchev–Trinajstić information content (AvgIpc) is 2.82. The molecular weight excluding hydrogens is 360 g/mol. The number of hydrogen-bond acceptors (Lipinski definition) is 0. The Balaban J connectivity index is 1.73. The standard InChI is InChI=1S/C30H44/c1-4-7-8-9-10-11-14-27-19-21-30(22-20-27,28-17-12-15-25(5-2)23-28)29-18-13-16-26(6-3)24-29/h12-13,15-18,23-24,27H,4-11,14,19-22H2,1-3H3. The van der Waals surface area contributed by atoms with Crippen LogP contribution in [0.1, 0.15) is 114 Å². The zero-order valence-electron chi connectivity index (χ0n) is 19.9. The topological polar surface area (TPSA) is 0 Å².